The SMILES string of the molecule is CC[C@H](C)[C@H](N)C(=O)N[C@@H](CCC(=O)O)C(=O)N[C@@H](CC(=O)O)C(=O)O. The van der Waals surface area contributed by atoms with Crippen LogP contribution in [0.2, 0.25) is 0 Å². The Morgan fingerprint density at radius 1 is 0.923 bits per heavy atom. The van der Waals surface area contributed by atoms with Crippen LogP contribution in [0.25, 0.3) is 0 Å². The van der Waals surface area contributed by atoms with E-state index in [2.05, 4.69) is 5.32 Å². The molecule has 2 amide bonds. The van der Waals surface area contributed by atoms with Gasteiger partial charge in [-0.1, -0.05) is 20.3 Å². The lowest BCUT2D eigenvalue weighted by Crippen LogP contribution is -2.55. The van der Waals surface area contributed by atoms with Crippen molar-refractivity contribution in [1.29, 1.82) is 0 Å². The van der Waals surface area contributed by atoms with Crippen LogP contribution >= 0.6 is 0 Å². The smallest absolute Gasteiger partial charge is 0.326 e. The maximum absolute atomic E-state index is 12.2. The van der Waals surface area contributed by atoms with Gasteiger partial charge in [0.2, 0.25) is 11.8 Å². The van der Waals surface area contributed by atoms with Crippen molar-refractivity contribution in [2.24, 2.45) is 11.7 Å². The van der Waals surface area contributed by atoms with Gasteiger partial charge in [0.1, 0.15) is 12.1 Å². The summed E-state index contributed by atoms with van der Waals surface area (Å²) < 4.78 is 0. The van der Waals surface area contributed by atoms with Gasteiger partial charge in [-0.05, 0) is 12.3 Å². The lowest BCUT2D eigenvalue weighted by atomic mass is 9.98. The number of hydrogen-bond donors (Lipinski definition) is 6. The van der Waals surface area contributed by atoms with Crippen molar-refractivity contribution in [3.05, 3.63) is 0 Å². The number of nitrogens with one attached hydrogen (secondary N) is 2. The van der Waals surface area contributed by atoms with Gasteiger partial charge < -0.3 is 31.7 Å². The van der Waals surface area contributed by atoms with Gasteiger partial charge in [-0.3, -0.25) is 19.2 Å². The molecule has 0 fully saturated rings. The summed E-state index contributed by atoms with van der Waals surface area (Å²) in [5, 5.41) is 30.7. The van der Waals surface area contributed by atoms with Crippen molar-refractivity contribution in [1.82, 2.24) is 10.6 Å². The fourth-order valence-electron chi connectivity index (χ4n) is 1.96. The number of aliphatic carboxylic acids is 3. The third-order valence-corrected chi connectivity index (χ3v) is 3.83. The second-order valence-electron chi connectivity index (χ2n) is 5.90. The summed E-state index contributed by atoms with van der Waals surface area (Å²) in [5.41, 5.74) is 5.76. The van der Waals surface area contributed by atoms with E-state index in [1.165, 1.54) is 0 Å². The molecule has 0 aliphatic rings. The summed E-state index contributed by atoms with van der Waals surface area (Å²) in [5.74, 6) is -6.11. The largest absolute Gasteiger partial charge is 0.481 e. The summed E-state index contributed by atoms with van der Waals surface area (Å²) >= 11 is 0. The van der Waals surface area contributed by atoms with Gasteiger partial charge in [-0.2, -0.15) is 0 Å². The number of rotatable bonds is 12. The Balaban J connectivity index is 5.17. The number of carboxylic acid groups (broad SMARTS) is 3. The predicted octanol–water partition coefficient (Wildman–Crippen LogP) is -1.25. The van der Waals surface area contributed by atoms with E-state index in [1.54, 1.807) is 6.92 Å². The van der Waals surface area contributed by atoms with Crippen LogP contribution in [0.5, 0.6) is 0 Å². The highest BCUT2D eigenvalue weighted by atomic mass is 16.4. The lowest BCUT2D eigenvalue weighted by molar-refractivity contribution is -0.147. The summed E-state index contributed by atoms with van der Waals surface area (Å²) in [6.45, 7) is 3.54. The van der Waals surface area contributed by atoms with E-state index in [1.807, 2.05) is 12.2 Å². The van der Waals surface area contributed by atoms with Crippen molar-refractivity contribution >= 4 is 29.7 Å². The molecule has 0 aliphatic heterocycles. The maximum atomic E-state index is 12.2. The molecular formula is C15H25N3O8. The molecule has 0 saturated carbocycles. The first-order valence-electron chi connectivity index (χ1n) is 8.02. The van der Waals surface area contributed by atoms with Crippen LogP contribution in [-0.4, -0.2) is 63.2 Å². The first-order chi connectivity index (χ1) is 12.0. The predicted molar refractivity (Wildman–Crippen MR) is 88.1 cm³/mol. The molecule has 0 unspecified atom stereocenters. The maximum Gasteiger partial charge on any atom is 0.326 e. The Morgan fingerprint density at radius 3 is 1.88 bits per heavy atom. The van der Waals surface area contributed by atoms with Crippen molar-refractivity contribution in [3.8, 4) is 0 Å². The van der Waals surface area contributed by atoms with Gasteiger partial charge in [-0.15, -0.1) is 0 Å². The average molecular weight is 375 g/mol. The van der Waals surface area contributed by atoms with Gasteiger partial charge >= 0.3 is 17.9 Å². The monoisotopic (exact) mass is 375 g/mol. The van der Waals surface area contributed by atoms with Crippen molar-refractivity contribution < 1.29 is 39.3 Å². The van der Waals surface area contributed by atoms with Gasteiger partial charge in [0.05, 0.1) is 12.5 Å². The van der Waals surface area contributed by atoms with Crippen molar-refractivity contribution in [2.45, 2.75) is 57.7 Å². The fourth-order valence-corrected chi connectivity index (χ4v) is 1.96. The Morgan fingerprint density at radius 2 is 1.46 bits per heavy atom. The van der Waals surface area contributed by atoms with E-state index in [9.17, 15) is 24.0 Å². The molecule has 0 radical (unpaired) electrons. The second kappa shape index (κ2) is 11.0. The molecule has 0 bridgehead atoms. The Bertz CT molecular complexity index is 551. The number of carbonyl (C=O) groups is 5. The molecule has 0 aromatic heterocycles. The highest BCUT2D eigenvalue weighted by Crippen LogP contribution is 2.07. The molecule has 0 rings (SSSR count). The molecule has 26 heavy (non-hydrogen) atoms. The number of carbonyl (C=O) groups excluding carboxylic acids is 2. The molecule has 0 saturated heterocycles. The second-order valence-corrected chi connectivity index (χ2v) is 5.90. The van der Waals surface area contributed by atoms with Crippen LogP contribution in [0.15, 0.2) is 0 Å². The molecular weight excluding hydrogens is 350 g/mol. The molecule has 0 aliphatic carbocycles. The third-order valence-electron chi connectivity index (χ3n) is 3.83. The molecule has 11 nitrogen and oxygen atoms in total. The minimum atomic E-state index is -1.72. The molecule has 0 aromatic carbocycles. The van der Waals surface area contributed by atoms with Crippen LogP contribution in [0.4, 0.5) is 0 Å². The van der Waals surface area contributed by atoms with Crippen LogP contribution in [-0.2, 0) is 24.0 Å². The van der Waals surface area contributed by atoms with E-state index in [-0.39, 0.29) is 12.3 Å². The molecule has 0 spiro atoms. The quantitative estimate of drug-likeness (QED) is 0.241. The van der Waals surface area contributed by atoms with E-state index in [0.29, 0.717) is 6.42 Å². The van der Waals surface area contributed by atoms with E-state index in [4.69, 9.17) is 21.1 Å². The first-order valence-corrected chi connectivity index (χ1v) is 8.02. The van der Waals surface area contributed by atoms with Crippen LogP contribution in [0.1, 0.15) is 39.5 Å². The summed E-state index contributed by atoms with van der Waals surface area (Å²) in [6, 6.07) is -4.01. The molecule has 7 N–H and O–H groups in total. The number of amides is 2. The van der Waals surface area contributed by atoms with Crippen molar-refractivity contribution in [3.63, 3.8) is 0 Å². The molecule has 148 valence electrons. The zero-order chi connectivity index (χ0) is 20.4. The van der Waals surface area contributed by atoms with Crippen LogP contribution in [0.3, 0.4) is 0 Å². The van der Waals surface area contributed by atoms with Gasteiger partial charge in [0.25, 0.3) is 0 Å². The Kier molecular flexibility index (Phi) is 9.89. The van der Waals surface area contributed by atoms with Gasteiger partial charge in [0.15, 0.2) is 0 Å². The highest BCUT2D eigenvalue weighted by molar-refractivity contribution is 5.93. The summed E-state index contributed by atoms with van der Waals surface area (Å²) in [7, 11) is 0. The summed E-state index contributed by atoms with van der Waals surface area (Å²) in [6.07, 6.45) is -1.04. The first kappa shape index (κ1) is 23.3. The zero-order valence-electron chi connectivity index (χ0n) is 14.6. The topological polar surface area (TPSA) is 196 Å². The number of nitrogens with two attached hydrogens (primary N) is 1. The molecule has 11 heteroatoms. The van der Waals surface area contributed by atoms with E-state index in [0.717, 1.165) is 0 Å². The Labute approximate surface area is 149 Å². The van der Waals surface area contributed by atoms with E-state index < -0.39 is 60.7 Å². The minimum absolute atomic E-state index is 0.197. The van der Waals surface area contributed by atoms with Crippen LogP contribution in [0, 0.1) is 5.92 Å². The third kappa shape index (κ3) is 8.42. The zero-order valence-corrected chi connectivity index (χ0v) is 14.6. The van der Waals surface area contributed by atoms with Gasteiger partial charge in [-0.25, -0.2) is 4.79 Å². The highest BCUT2D eigenvalue weighted by Gasteiger charge is 2.30. The van der Waals surface area contributed by atoms with Crippen LogP contribution < -0.4 is 16.4 Å². The summed E-state index contributed by atoms with van der Waals surface area (Å²) in [4.78, 5) is 56.8. The lowest BCUT2D eigenvalue weighted by Gasteiger charge is -2.24. The number of hydrogen-bond acceptors (Lipinski definition) is 6. The molecule has 4 atom stereocenters. The molecule has 0 aromatic rings. The van der Waals surface area contributed by atoms with E-state index >= 15 is 0 Å². The Hall–Kier alpha value is -2.69. The minimum Gasteiger partial charge on any atom is -0.481 e. The van der Waals surface area contributed by atoms with Gasteiger partial charge in [0, 0.05) is 6.42 Å². The average Bonchev–Trinajstić information content (AvgIpc) is 2.55. The molecule has 0 heterocycles. The number of carboxylic acids is 3. The fraction of sp³-hybridized carbons (Fsp3) is 0.667. The standard InChI is InChI=1S/C15H25N3O8/c1-3-7(2)12(16)14(24)17-8(4-5-10(19)20)13(23)18-9(15(25)26)6-11(21)22/h7-9,12H,3-6,16H2,1-2H3,(H,17,24)(H,18,23)(H,19,20)(H,21,22)(H,25,26)/t7-,8-,9-,12-/m0/s1. The normalized spacial score (nSPS) is 15.2. The van der Waals surface area contributed by atoms with Crippen molar-refractivity contribution in [2.75, 3.05) is 0 Å².